The third kappa shape index (κ3) is 3.71. The van der Waals surface area contributed by atoms with Gasteiger partial charge in [0.25, 0.3) is 0 Å². The summed E-state index contributed by atoms with van der Waals surface area (Å²) >= 11 is 0. The van der Waals surface area contributed by atoms with E-state index in [1.165, 1.54) is 38.4 Å². The normalized spacial score (nSPS) is 22.7. The number of hydrogen-bond acceptors (Lipinski definition) is 4. The molecule has 21 heavy (non-hydrogen) atoms. The molecule has 3 rings (SSSR count). The Labute approximate surface area is 126 Å². The summed E-state index contributed by atoms with van der Waals surface area (Å²) in [4.78, 5) is 8.92. The number of anilines is 1. The maximum absolute atomic E-state index is 13.5. The van der Waals surface area contributed by atoms with Crippen LogP contribution in [0.2, 0.25) is 0 Å². The molecule has 1 aliphatic heterocycles. The summed E-state index contributed by atoms with van der Waals surface area (Å²) in [5, 5.41) is 3.45. The van der Waals surface area contributed by atoms with E-state index in [4.69, 9.17) is 0 Å². The topological polar surface area (TPSA) is 31.4 Å². The molecule has 1 atom stereocenters. The number of rotatable bonds is 6. The predicted octanol–water partition coefficient (Wildman–Crippen LogP) is 2.00. The largest absolute Gasteiger partial charge is 0.358 e. The van der Waals surface area contributed by atoms with Crippen LogP contribution in [0.15, 0.2) is 12.3 Å². The van der Waals surface area contributed by atoms with Crippen LogP contribution < -0.4 is 10.2 Å². The fourth-order valence-corrected chi connectivity index (χ4v) is 3.10. The van der Waals surface area contributed by atoms with E-state index in [1.54, 1.807) is 6.07 Å². The van der Waals surface area contributed by atoms with Gasteiger partial charge in [0.1, 0.15) is 11.6 Å². The fraction of sp³-hybridized carbons (Fsp3) is 0.688. The van der Waals surface area contributed by atoms with Crippen LogP contribution >= 0.6 is 0 Å². The lowest BCUT2D eigenvalue weighted by atomic mass is 10.2. The summed E-state index contributed by atoms with van der Waals surface area (Å²) in [7, 11) is 4.24. The number of aromatic nitrogens is 1. The van der Waals surface area contributed by atoms with Gasteiger partial charge < -0.3 is 15.1 Å². The van der Waals surface area contributed by atoms with Crippen molar-refractivity contribution in [1.82, 2.24) is 15.2 Å². The van der Waals surface area contributed by atoms with Gasteiger partial charge in [-0.15, -0.1) is 0 Å². The molecular formula is C16H25FN4. The molecule has 0 amide bonds. The molecule has 1 aromatic heterocycles. The smallest absolute Gasteiger partial charge is 0.141 e. The molecular weight excluding hydrogens is 267 g/mol. The van der Waals surface area contributed by atoms with Gasteiger partial charge in [-0.1, -0.05) is 0 Å². The predicted molar refractivity (Wildman–Crippen MR) is 83.0 cm³/mol. The van der Waals surface area contributed by atoms with Gasteiger partial charge in [0.05, 0.1) is 6.20 Å². The number of likely N-dealkylation sites (N-methyl/N-ethyl adjacent to an activating group) is 2. The van der Waals surface area contributed by atoms with E-state index >= 15 is 0 Å². The number of pyridine rings is 1. The molecule has 1 saturated heterocycles. The maximum Gasteiger partial charge on any atom is 0.141 e. The minimum absolute atomic E-state index is 0.252. The van der Waals surface area contributed by atoms with Crippen molar-refractivity contribution in [2.24, 2.45) is 0 Å². The first-order valence-electron chi connectivity index (χ1n) is 7.92. The molecule has 2 fully saturated rings. The Morgan fingerprint density at radius 2 is 2.24 bits per heavy atom. The molecule has 0 bridgehead atoms. The zero-order valence-electron chi connectivity index (χ0n) is 13.0. The zero-order chi connectivity index (χ0) is 14.8. The Bertz CT molecular complexity index is 489. The highest BCUT2D eigenvalue weighted by molar-refractivity contribution is 5.46. The second-order valence-corrected chi connectivity index (χ2v) is 6.45. The summed E-state index contributed by atoms with van der Waals surface area (Å²) in [6, 6.07) is 2.81. The molecule has 0 aromatic carbocycles. The van der Waals surface area contributed by atoms with Gasteiger partial charge in [-0.3, -0.25) is 0 Å². The summed E-state index contributed by atoms with van der Waals surface area (Å²) in [6.45, 7) is 2.83. The van der Waals surface area contributed by atoms with Crippen molar-refractivity contribution >= 4 is 5.82 Å². The molecule has 5 heteroatoms. The van der Waals surface area contributed by atoms with Gasteiger partial charge in [0, 0.05) is 37.8 Å². The van der Waals surface area contributed by atoms with Crippen molar-refractivity contribution in [3.05, 3.63) is 23.6 Å². The minimum Gasteiger partial charge on any atom is -0.358 e. The van der Waals surface area contributed by atoms with Crippen LogP contribution in [-0.2, 0) is 6.54 Å². The van der Waals surface area contributed by atoms with Crippen LogP contribution in [0, 0.1) is 5.82 Å². The molecule has 1 N–H and O–H groups in total. The van der Waals surface area contributed by atoms with E-state index in [0.29, 0.717) is 18.6 Å². The second-order valence-electron chi connectivity index (χ2n) is 6.45. The molecule has 1 aliphatic carbocycles. The maximum atomic E-state index is 13.5. The van der Waals surface area contributed by atoms with E-state index < -0.39 is 0 Å². The Morgan fingerprint density at radius 3 is 2.90 bits per heavy atom. The Hall–Kier alpha value is -1.20. The van der Waals surface area contributed by atoms with E-state index in [9.17, 15) is 4.39 Å². The van der Waals surface area contributed by atoms with Crippen molar-refractivity contribution in [1.29, 1.82) is 0 Å². The Morgan fingerprint density at radius 1 is 1.43 bits per heavy atom. The van der Waals surface area contributed by atoms with Crippen LogP contribution in [0.3, 0.4) is 0 Å². The number of nitrogens with zero attached hydrogens (tertiary/aromatic N) is 3. The van der Waals surface area contributed by atoms with E-state index in [1.807, 2.05) is 0 Å². The highest BCUT2D eigenvalue weighted by Crippen LogP contribution is 2.24. The summed E-state index contributed by atoms with van der Waals surface area (Å²) in [6.07, 6.45) is 6.30. The molecule has 1 unspecified atom stereocenters. The van der Waals surface area contributed by atoms with Crippen molar-refractivity contribution in [3.8, 4) is 0 Å². The quantitative estimate of drug-likeness (QED) is 0.869. The SMILES string of the molecule is CN(CC1CCCN1C)c1ncc(F)cc1CNC1CC1. The highest BCUT2D eigenvalue weighted by Gasteiger charge is 2.24. The molecule has 2 aliphatic rings. The number of halogens is 1. The van der Waals surface area contributed by atoms with Crippen molar-refractivity contribution < 1.29 is 4.39 Å². The van der Waals surface area contributed by atoms with Crippen molar-refractivity contribution in [2.75, 3.05) is 32.1 Å². The van der Waals surface area contributed by atoms with Gasteiger partial charge >= 0.3 is 0 Å². The van der Waals surface area contributed by atoms with Crippen LogP contribution in [0.25, 0.3) is 0 Å². The Kier molecular flexibility index (Phi) is 4.40. The molecule has 0 spiro atoms. The van der Waals surface area contributed by atoms with Gasteiger partial charge in [-0.2, -0.15) is 0 Å². The van der Waals surface area contributed by atoms with Gasteiger partial charge in [-0.05, 0) is 45.3 Å². The average Bonchev–Trinajstić information content (AvgIpc) is 3.20. The Balaban J connectivity index is 1.69. The van der Waals surface area contributed by atoms with Crippen LogP contribution in [-0.4, -0.2) is 49.2 Å². The summed E-state index contributed by atoms with van der Waals surface area (Å²) in [5.41, 5.74) is 0.963. The first-order chi connectivity index (χ1) is 10.1. The molecule has 0 radical (unpaired) electrons. The van der Waals surface area contributed by atoms with Gasteiger partial charge in [0.2, 0.25) is 0 Å². The minimum atomic E-state index is -0.252. The number of hydrogen-bond donors (Lipinski definition) is 1. The van der Waals surface area contributed by atoms with Crippen LogP contribution in [0.4, 0.5) is 10.2 Å². The van der Waals surface area contributed by atoms with Crippen molar-refractivity contribution in [3.63, 3.8) is 0 Å². The highest BCUT2D eigenvalue weighted by atomic mass is 19.1. The van der Waals surface area contributed by atoms with Crippen LogP contribution in [0.5, 0.6) is 0 Å². The summed E-state index contributed by atoms with van der Waals surface area (Å²) in [5.74, 6) is 0.655. The standard InChI is InChI=1S/C16H25FN4/c1-20-7-3-4-15(20)11-21(2)16-12(8-13(17)10-19-16)9-18-14-5-6-14/h8,10,14-15,18H,3-7,9,11H2,1-2H3. The fourth-order valence-electron chi connectivity index (χ4n) is 3.10. The molecule has 1 saturated carbocycles. The lowest BCUT2D eigenvalue weighted by Crippen LogP contribution is -2.37. The first-order valence-corrected chi connectivity index (χ1v) is 7.92. The number of likely N-dealkylation sites (tertiary alicyclic amines) is 1. The van der Waals surface area contributed by atoms with Gasteiger partial charge in [-0.25, -0.2) is 9.37 Å². The molecule has 4 nitrogen and oxygen atoms in total. The van der Waals surface area contributed by atoms with E-state index in [-0.39, 0.29) is 5.82 Å². The number of nitrogens with one attached hydrogen (secondary N) is 1. The third-order valence-electron chi connectivity index (χ3n) is 4.59. The van der Waals surface area contributed by atoms with Gasteiger partial charge in [0.15, 0.2) is 0 Å². The lowest BCUT2D eigenvalue weighted by Gasteiger charge is -2.28. The second kappa shape index (κ2) is 6.28. The monoisotopic (exact) mass is 292 g/mol. The lowest BCUT2D eigenvalue weighted by molar-refractivity contribution is 0.314. The molecule has 2 heterocycles. The molecule has 116 valence electrons. The van der Waals surface area contributed by atoms with E-state index in [2.05, 4.69) is 34.2 Å². The first kappa shape index (κ1) is 14.7. The molecule has 1 aromatic rings. The van der Waals surface area contributed by atoms with Crippen LogP contribution in [0.1, 0.15) is 31.2 Å². The zero-order valence-corrected chi connectivity index (χ0v) is 13.0. The third-order valence-corrected chi connectivity index (χ3v) is 4.59. The van der Waals surface area contributed by atoms with E-state index in [0.717, 1.165) is 17.9 Å². The average molecular weight is 292 g/mol. The van der Waals surface area contributed by atoms with Crippen molar-refractivity contribution in [2.45, 2.75) is 44.3 Å². The summed E-state index contributed by atoms with van der Waals surface area (Å²) < 4.78 is 13.5.